The van der Waals surface area contributed by atoms with Gasteiger partial charge in [-0.3, -0.25) is 0 Å². The van der Waals surface area contributed by atoms with E-state index in [-0.39, 0.29) is 11.9 Å². The van der Waals surface area contributed by atoms with E-state index in [4.69, 9.17) is 9.26 Å². The Hall–Kier alpha value is -1.73. The van der Waals surface area contributed by atoms with Crippen molar-refractivity contribution in [1.82, 2.24) is 10.1 Å². The highest BCUT2D eigenvalue weighted by Crippen LogP contribution is 2.24. The first kappa shape index (κ1) is 13.3. The van der Waals surface area contributed by atoms with E-state index in [1.165, 1.54) is 0 Å². The van der Waals surface area contributed by atoms with Gasteiger partial charge in [-0.15, -0.1) is 0 Å². The lowest BCUT2D eigenvalue weighted by Gasteiger charge is -2.18. The van der Waals surface area contributed by atoms with Crippen molar-refractivity contribution in [2.45, 2.75) is 12.6 Å². The number of phenols is 1. The molecule has 0 bridgehead atoms. The molecule has 1 unspecified atom stereocenters. The number of nitrogens with zero attached hydrogens (tertiary/aromatic N) is 2. The monoisotopic (exact) mass is 293 g/mol. The molecular weight excluding hydrogens is 278 g/mol. The number of thioether (sulfide) groups is 1. The molecule has 106 valence electrons. The third-order valence-corrected chi connectivity index (χ3v) is 3.89. The summed E-state index contributed by atoms with van der Waals surface area (Å²) in [5, 5.41) is 16.3. The topological polar surface area (TPSA) is 80.4 Å². The second-order valence-corrected chi connectivity index (χ2v) is 5.53. The van der Waals surface area contributed by atoms with E-state index < -0.39 is 0 Å². The smallest absolute Gasteiger partial charge is 0.246 e. The van der Waals surface area contributed by atoms with E-state index in [0.717, 1.165) is 23.8 Å². The summed E-state index contributed by atoms with van der Waals surface area (Å²) in [6, 6.07) is 6.81. The van der Waals surface area contributed by atoms with Crippen LogP contribution in [0.5, 0.6) is 5.75 Å². The SMILES string of the molecule is Oc1ccc(NCc2nc(C3CSCCO3)no2)cc1. The summed E-state index contributed by atoms with van der Waals surface area (Å²) in [5.74, 6) is 3.25. The van der Waals surface area contributed by atoms with E-state index in [2.05, 4.69) is 15.5 Å². The predicted octanol–water partition coefficient (Wildman–Crippen LogP) is 2.19. The normalized spacial score (nSPS) is 18.9. The van der Waals surface area contributed by atoms with Gasteiger partial charge in [-0.1, -0.05) is 5.16 Å². The van der Waals surface area contributed by atoms with Crippen LogP contribution in [0.15, 0.2) is 28.8 Å². The lowest BCUT2D eigenvalue weighted by atomic mass is 10.3. The number of rotatable bonds is 4. The van der Waals surface area contributed by atoms with Crippen LogP contribution in [0, 0.1) is 0 Å². The molecule has 3 rings (SSSR count). The summed E-state index contributed by atoms with van der Waals surface area (Å²) >= 11 is 1.83. The lowest BCUT2D eigenvalue weighted by molar-refractivity contribution is 0.0677. The van der Waals surface area contributed by atoms with Gasteiger partial charge in [0.25, 0.3) is 0 Å². The summed E-state index contributed by atoms with van der Waals surface area (Å²) in [6.45, 7) is 1.17. The zero-order chi connectivity index (χ0) is 13.8. The minimum absolute atomic E-state index is 0.0695. The molecule has 1 aromatic carbocycles. The lowest BCUT2D eigenvalue weighted by Crippen LogP contribution is -2.16. The number of aromatic hydroxyl groups is 1. The first-order chi connectivity index (χ1) is 9.81. The highest BCUT2D eigenvalue weighted by Gasteiger charge is 2.21. The molecule has 2 heterocycles. The molecule has 0 saturated carbocycles. The van der Waals surface area contributed by atoms with E-state index in [1.54, 1.807) is 24.3 Å². The average molecular weight is 293 g/mol. The molecule has 0 amide bonds. The summed E-state index contributed by atoms with van der Waals surface area (Å²) in [6.07, 6.45) is -0.0695. The van der Waals surface area contributed by atoms with Crippen molar-refractivity contribution < 1.29 is 14.4 Å². The summed E-state index contributed by atoms with van der Waals surface area (Å²) in [5.41, 5.74) is 0.882. The Bertz CT molecular complexity index is 552. The Morgan fingerprint density at radius 3 is 2.95 bits per heavy atom. The molecule has 1 saturated heterocycles. The van der Waals surface area contributed by atoms with Gasteiger partial charge in [0, 0.05) is 17.2 Å². The molecule has 0 radical (unpaired) electrons. The number of nitrogens with one attached hydrogen (secondary N) is 1. The molecule has 1 fully saturated rings. The Kier molecular flexibility index (Phi) is 4.08. The number of ether oxygens (including phenoxy) is 1. The number of hydrogen-bond donors (Lipinski definition) is 2. The van der Waals surface area contributed by atoms with Gasteiger partial charge in [-0.05, 0) is 24.3 Å². The number of hydrogen-bond acceptors (Lipinski definition) is 7. The Balaban J connectivity index is 1.58. The van der Waals surface area contributed by atoms with Crippen LogP contribution in [0.4, 0.5) is 5.69 Å². The standard InChI is InChI=1S/C13H15N3O3S/c17-10-3-1-9(2-4-10)14-7-12-15-13(16-19-12)11-8-20-6-5-18-11/h1-4,11,14,17H,5-8H2. The fourth-order valence-electron chi connectivity index (χ4n) is 1.86. The molecule has 1 aliphatic heterocycles. The quantitative estimate of drug-likeness (QED) is 0.836. The second-order valence-electron chi connectivity index (χ2n) is 4.38. The van der Waals surface area contributed by atoms with Crippen molar-refractivity contribution in [2.75, 3.05) is 23.4 Å². The largest absolute Gasteiger partial charge is 0.508 e. The molecule has 0 spiro atoms. The highest BCUT2D eigenvalue weighted by molar-refractivity contribution is 7.99. The van der Waals surface area contributed by atoms with Gasteiger partial charge in [-0.25, -0.2) is 0 Å². The van der Waals surface area contributed by atoms with Crippen LogP contribution in [-0.4, -0.2) is 33.4 Å². The van der Waals surface area contributed by atoms with Gasteiger partial charge in [0.1, 0.15) is 11.9 Å². The van der Waals surface area contributed by atoms with Crippen molar-refractivity contribution >= 4 is 17.4 Å². The van der Waals surface area contributed by atoms with Crippen LogP contribution in [-0.2, 0) is 11.3 Å². The van der Waals surface area contributed by atoms with Gasteiger partial charge in [0.05, 0.1) is 13.2 Å². The Morgan fingerprint density at radius 1 is 1.35 bits per heavy atom. The molecule has 0 aliphatic carbocycles. The van der Waals surface area contributed by atoms with Gasteiger partial charge in [0.15, 0.2) is 0 Å². The molecule has 1 atom stereocenters. The third-order valence-electron chi connectivity index (χ3n) is 2.90. The zero-order valence-corrected chi connectivity index (χ0v) is 11.6. The maximum absolute atomic E-state index is 9.20. The molecule has 7 heteroatoms. The van der Waals surface area contributed by atoms with Crippen LogP contribution in [0.1, 0.15) is 17.8 Å². The molecule has 1 aliphatic rings. The van der Waals surface area contributed by atoms with Crippen molar-refractivity contribution in [3.63, 3.8) is 0 Å². The van der Waals surface area contributed by atoms with Crippen molar-refractivity contribution in [3.05, 3.63) is 36.0 Å². The highest BCUT2D eigenvalue weighted by atomic mass is 32.2. The second kappa shape index (κ2) is 6.15. The average Bonchev–Trinajstić information content (AvgIpc) is 2.97. The Labute approximate surface area is 120 Å². The maximum atomic E-state index is 9.20. The third kappa shape index (κ3) is 3.23. The van der Waals surface area contributed by atoms with Crippen LogP contribution in [0.25, 0.3) is 0 Å². The maximum Gasteiger partial charge on any atom is 0.246 e. The van der Waals surface area contributed by atoms with Crippen LogP contribution in [0.3, 0.4) is 0 Å². The molecule has 1 aromatic heterocycles. The fraction of sp³-hybridized carbons (Fsp3) is 0.385. The summed E-state index contributed by atoms with van der Waals surface area (Å²) in [4.78, 5) is 4.34. The predicted molar refractivity (Wildman–Crippen MR) is 75.7 cm³/mol. The number of aromatic nitrogens is 2. The van der Waals surface area contributed by atoms with Gasteiger partial charge in [-0.2, -0.15) is 16.7 Å². The number of benzene rings is 1. The number of phenolic OH excluding ortho intramolecular Hbond substituents is 1. The first-order valence-electron chi connectivity index (χ1n) is 6.36. The van der Waals surface area contributed by atoms with Crippen molar-refractivity contribution in [1.29, 1.82) is 0 Å². The van der Waals surface area contributed by atoms with Crippen LogP contribution < -0.4 is 5.32 Å². The van der Waals surface area contributed by atoms with Gasteiger partial charge >= 0.3 is 0 Å². The zero-order valence-electron chi connectivity index (χ0n) is 10.8. The van der Waals surface area contributed by atoms with Crippen molar-refractivity contribution in [3.8, 4) is 5.75 Å². The Morgan fingerprint density at radius 2 is 2.20 bits per heavy atom. The van der Waals surface area contributed by atoms with Gasteiger partial charge in [0.2, 0.25) is 11.7 Å². The fourth-order valence-corrected chi connectivity index (χ4v) is 2.70. The minimum Gasteiger partial charge on any atom is -0.508 e. The first-order valence-corrected chi connectivity index (χ1v) is 7.51. The van der Waals surface area contributed by atoms with Gasteiger partial charge < -0.3 is 19.7 Å². The summed E-state index contributed by atoms with van der Waals surface area (Å²) < 4.78 is 10.8. The minimum atomic E-state index is -0.0695. The molecule has 2 N–H and O–H groups in total. The molecular formula is C13H15N3O3S. The summed E-state index contributed by atoms with van der Waals surface area (Å²) in [7, 11) is 0. The van der Waals surface area contributed by atoms with E-state index in [0.29, 0.717) is 18.3 Å². The van der Waals surface area contributed by atoms with Crippen molar-refractivity contribution in [2.24, 2.45) is 0 Å². The number of anilines is 1. The van der Waals surface area contributed by atoms with Crippen LogP contribution in [0.2, 0.25) is 0 Å². The van der Waals surface area contributed by atoms with E-state index in [1.807, 2.05) is 11.8 Å². The molecule has 6 nitrogen and oxygen atoms in total. The molecule has 2 aromatic rings. The van der Waals surface area contributed by atoms with Crippen LogP contribution >= 0.6 is 11.8 Å². The molecule has 20 heavy (non-hydrogen) atoms. The van der Waals surface area contributed by atoms with E-state index in [9.17, 15) is 5.11 Å². The van der Waals surface area contributed by atoms with E-state index >= 15 is 0 Å².